The first-order valence-corrected chi connectivity index (χ1v) is 20.0. The Balaban J connectivity index is 1.11. The Morgan fingerprint density at radius 2 is 1.57 bits per heavy atom. The number of ether oxygens (including phenoxy) is 5. The molecule has 7 unspecified atom stereocenters. The van der Waals surface area contributed by atoms with Crippen LogP contribution in [0.5, 0.6) is 0 Å². The molecule has 5 aliphatic rings. The first-order chi connectivity index (χ1) is 24.7. The van der Waals surface area contributed by atoms with Crippen molar-refractivity contribution in [3.63, 3.8) is 0 Å². The van der Waals surface area contributed by atoms with Gasteiger partial charge in [-0.1, -0.05) is 44.1 Å². The number of amides is 1. The van der Waals surface area contributed by atoms with Gasteiger partial charge in [-0.2, -0.15) is 0 Å². The summed E-state index contributed by atoms with van der Waals surface area (Å²) in [5.74, 6) is -0.383. The zero-order valence-corrected chi connectivity index (χ0v) is 31.5. The predicted molar refractivity (Wildman–Crippen MR) is 196 cm³/mol. The molecule has 0 radical (unpaired) electrons. The van der Waals surface area contributed by atoms with E-state index >= 15 is 0 Å². The average Bonchev–Trinajstić information content (AvgIpc) is 3.13. The fourth-order valence-corrected chi connectivity index (χ4v) is 8.48. The van der Waals surface area contributed by atoms with Gasteiger partial charge in [0, 0.05) is 37.5 Å². The maximum Gasteiger partial charge on any atom is 0.409 e. The molecule has 5 aliphatic heterocycles. The van der Waals surface area contributed by atoms with Crippen LogP contribution < -0.4 is 0 Å². The van der Waals surface area contributed by atoms with Crippen molar-refractivity contribution in [1.29, 1.82) is 0 Å². The number of nitrogens with zero attached hydrogens (tertiary/aromatic N) is 2. The highest BCUT2D eigenvalue weighted by Crippen LogP contribution is 2.34. The van der Waals surface area contributed by atoms with E-state index < -0.39 is 6.10 Å². The number of allylic oxidation sites excluding steroid dienone is 2. The Bertz CT molecular complexity index is 1200. The lowest BCUT2D eigenvalue weighted by atomic mass is 9.89. The maximum atomic E-state index is 13.4. The van der Waals surface area contributed by atoms with Crippen molar-refractivity contribution in [2.24, 2.45) is 11.8 Å². The summed E-state index contributed by atoms with van der Waals surface area (Å²) >= 11 is 0. The standard InChI is InChI=1S/C41H64N2O8/c1-30-15-16-31(2)38(14-7-4-5-10-23-48-41(46)43-21-17-33(18-22-43)42-19-8-6-9-20-42)51-40(45)29-37-26-32(27-39(44)47-3)25-36(50-37)28-35-13-11-12-34(24-30)49-35/h7,14-16,27,30-31,33-38H,4-6,8-13,17-26,28-29H2,1-3H3/b14-7+,16-15+,32-27-. The van der Waals surface area contributed by atoms with Crippen LogP contribution in [0.15, 0.2) is 36.0 Å². The maximum absolute atomic E-state index is 13.4. The summed E-state index contributed by atoms with van der Waals surface area (Å²) < 4.78 is 29.6. The quantitative estimate of drug-likeness (QED) is 0.0843. The summed E-state index contributed by atoms with van der Waals surface area (Å²) in [6, 6.07) is 0.607. The van der Waals surface area contributed by atoms with E-state index in [1.165, 1.54) is 39.5 Å². The largest absolute Gasteiger partial charge is 0.466 e. The molecule has 5 rings (SSSR count). The monoisotopic (exact) mass is 712 g/mol. The molecule has 0 N–H and O–H groups in total. The van der Waals surface area contributed by atoms with Crippen molar-refractivity contribution < 1.29 is 38.1 Å². The number of likely N-dealkylation sites (tertiary alicyclic amines) is 2. The molecule has 4 bridgehead atoms. The average molecular weight is 713 g/mol. The van der Waals surface area contributed by atoms with Gasteiger partial charge in [0.2, 0.25) is 0 Å². The normalized spacial score (nSPS) is 33.5. The minimum absolute atomic E-state index is 0.0182. The fourth-order valence-electron chi connectivity index (χ4n) is 8.48. The molecule has 4 fully saturated rings. The Morgan fingerprint density at radius 3 is 2.33 bits per heavy atom. The van der Waals surface area contributed by atoms with Crippen molar-refractivity contribution in [3.8, 4) is 0 Å². The lowest BCUT2D eigenvalue weighted by Crippen LogP contribution is -2.48. The number of methoxy groups -OCH3 is 1. The highest BCUT2D eigenvalue weighted by atomic mass is 16.6. The van der Waals surface area contributed by atoms with Gasteiger partial charge in [-0.25, -0.2) is 9.59 Å². The Kier molecular flexibility index (Phi) is 15.9. The van der Waals surface area contributed by atoms with Crippen molar-refractivity contribution in [3.05, 3.63) is 36.0 Å². The number of rotatable bonds is 8. The van der Waals surface area contributed by atoms with Gasteiger partial charge in [0.25, 0.3) is 0 Å². The molecule has 10 heteroatoms. The van der Waals surface area contributed by atoms with Crippen LogP contribution in [0.4, 0.5) is 4.79 Å². The molecule has 51 heavy (non-hydrogen) atoms. The van der Waals surface area contributed by atoms with Gasteiger partial charge in [0.15, 0.2) is 0 Å². The first-order valence-electron chi connectivity index (χ1n) is 20.0. The van der Waals surface area contributed by atoms with Crippen LogP contribution in [0.3, 0.4) is 0 Å². The van der Waals surface area contributed by atoms with Crippen molar-refractivity contribution in [1.82, 2.24) is 9.80 Å². The second-order valence-electron chi connectivity index (χ2n) is 15.6. The molecule has 10 nitrogen and oxygen atoms in total. The van der Waals surface area contributed by atoms with E-state index in [4.69, 9.17) is 23.7 Å². The van der Waals surface area contributed by atoms with Crippen LogP contribution >= 0.6 is 0 Å². The number of hydrogen-bond donors (Lipinski definition) is 0. The van der Waals surface area contributed by atoms with Crippen LogP contribution in [-0.2, 0) is 33.3 Å². The molecular formula is C41H64N2O8. The number of piperidine rings is 2. The number of unbranched alkanes of at least 4 members (excludes halogenated alkanes) is 2. The van der Waals surface area contributed by atoms with Crippen LogP contribution in [0.25, 0.3) is 0 Å². The summed E-state index contributed by atoms with van der Waals surface area (Å²) in [6.45, 7) is 8.68. The van der Waals surface area contributed by atoms with Crippen molar-refractivity contribution >= 4 is 18.0 Å². The van der Waals surface area contributed by atoms with Crippen LogP contribution in [0.1, 0.15) is 117 Å². The lowest BCUT2D eigenvalue weighted by molar-refractivity contribution is -0.154. The molecule has 0 saturated carbocycles. The number of esters is 2. The minimum Gasteiger partial charge on any atom is -0.466 e. The third kappa shape index (κ3) is 13.0. The van der Waals surface area contributed by atoms with E-state index in [2.05, 4.69) is 37.0 Å². The fraction of sp³-hybridized carbons (Fsp3) is 0.780. The zero-order chi connectivity index (χ0) is 36.0. The van der Waals surface area contributed by atoms with Gasteiger partial charge in [0.05, 0.1) is 44.6 Å². The third-order valence-corrected chi connectivity index (χ3v) is 11.4. The summed E-state index contributed by atoms with van der Waals surface area (Å²) in [5.41, 5.74) is 0.939. The van der Waals surface area contributed by atoms with Gasteiger partial charge >= 0.3 is 18.0 Å². The van der Waals surface area contributed by atoms with E-state index in [0.29, 0.717) is 31.4 Å². The van der Waals surface area contributed by atoms with Crippen LogP contribution in [0, 0.1) is 11.8 Å². The molecular weight excluding hydrogens is 648 g/mol. The second kappa shape index (κ2) is 20.5. The molecule has 5 heterocycles. The molecule has 0 aromatic heterocycles. The molecule has 0 aromatic rings. The van der Waals surface area contributed by atoms with Gasteiger partial charge in [-0.05, 0) is 109 Å². The molecule has 1 amide bonds. The SMILES string of the molecule is COC(=O)/C=C1\CC2CC(=O)OC(/C=C/CCCCOC(=O)N3CCC(N4CCCCC4)CC3)C(C)/C=C/C(C)CC3CCCC(CC(C1)O2)O3. The molecule has 0 spiro atoms. The van der Waals surface area contributed by atoms with E-state index in [0.717, 1.165) is 82.9 Å². The second-order valence-corrected chi connectivity index (χ2v) is 15.6. The van der Waals surface area contributed by atoms with E-state index in [9.17, 15) is 14.4 Å². The van der Waals surface area contributed by atoms with Gasteiger partial charge in [0.1, 0.15) is 6.10 Å². The summed E-state index contributed by atoms with van der Waals surface area (Å²) in [6.07, 6.45) is 23.8. The topological polar surface area (TPSA) is 104 Å². The van der Waals surface area contributed by atoms with Gasteiger partial charge in [-0.3, -0.25) is 4.79 Å². The zero-order valence-electron chi connectivity index (χ0n) is 31.5. The van der Waals surface area contributed by atoms with Crippen LogP contribution in [0.2, 0.25) is 0 Å². The lowest BCUT2D eigenvalue weighted by Gasteiger charge is -2.39. The summed E-state index contributed by atoms with van der Waals surface area (Å²) in [7, 11) is 1.38. The summed E-state index contributed by atoms with van der Waals surface area (Å²) in [5, 5.41) is 0. The molecule has 7 atom stereocenters. The third-order valence-electron chi connectivity index (χ3n) is 11.4. The number of carbonyl (C=O) groups excluding carboxylic acids is 3. The number of cyclic esters (lactones) is 1. The highest BCUT2D eigenvalue weighted by Gasteiger charge is 2.33. The van der Waals surface area contributed by atoms with E-state index in [-0.39, 0.29) is 54.8 Å². The van der Waals surface area contributed by atoms with E-state index in [1.54, 1.807) is 6.08 Å². The molecule has 0 aromatic carbocycles. The predicted octanol–water partition coefficient (Wildman–Crippen LogP) is 7.31. The number of carbonyl (C=O) groups is 3. The van der Waals surface area contributed by atoms with Gasteiger partial charge < -0.3 is 33.5 Å². The first kappa shape index (κ1) is 39.5. The van der Waals surface area contributed by atoms with Gasteiger partial charge in [-0.15, -0.1) is 0 Å². The van der Waals surface area contributed by atoms with Crippen molar-refractivity contribution in [2.75, 3.05) is 39.9 Å². The minimum atomic E-state index is -0.417. The molecule has 286 valence electrons. The molecule has 0 aliphatic carbocycles. The molecule has 4 saturated heterocycles. The smallest absolute Gasteiger partial charge is 0.409 e. The highest BCUT2D eigenvalue weighted by molar-refractivity contribution is 5.82. The summed E-state index contributed by atoms with van der Waals surface area (Å²) in [4.78, 5) is 42.7. The number of fused-ring (bicyclic) bond motifs is 4. The van der Waals surface area contributed by atoms with E-state index in [1.807, 2.05) is 11.0 Å². The van der Waals surface area contributed by atoms with Crippen molar-refractivity contribution in [2.45, 2.75) is 153 Å². The Labute approximate surface area is 306 Å². The Morgan fingerprint density at radius 1 is 0.843 bits per heavy atom. The Hall–Kier alpha value is -2.69. The number of hydrogen-bond acceptors (Lipinski definition) is 9. The van der Waals surface area contributed by atoms with Crippen LogP contribution in [-0.4, -0.2) is 104 Å².